The quantitative estimate of drug-likeness (QED) is 0.436. The van der Waals surface area contributed by atoms with Crippen molar-refractivity contribution in [2.75, 3.05) is 6.54 Å². The second kappa shape index (κ2) is 5.29. The molecule has 0 aromatic heterocycles. The van der Waals surface area contributed by atoms with Crippen LogP contribution >= 0.6 is 0 Å². The second-order valence-corrected chi connectivity index (χ2v) is 5.27. The Morgan fingerprint density at radius 1 is 1.18 bits per heavy atom. The van der Waals surface area contributed by atoms with Gasteiger partial charge in [-0.25, -0.2) is 4.79 Å². The van der Waals surface area contributed by atoms with E-state index in [1.54, 1.807) is 0 Å². The highest BCUT2D eigenvalue weighted by Crippen LogP contribution is 2.25. The zero-order valence-corrected chi connectivity index (χ0v) is 10.7. The molecule has 17 heavy (non-hydrogen) atoms. The van der Waals surface area contributed by atoms with Gasteiger partial charge in [0, 0.05) is 6.54 Å². The Labute approximate surface area is 102 Å². The first-order valence-corrected chi connectivity index (χ1v) is 6.04. The van der Waals surface area contributed by atoms with Crippen LogP contribution in [0.2, 0.25) is 0 Å². The third kappa shape index (κ3) is 3.54. The van der Waals surface area contributed by atoms with E-state index in [0.717, 1.165) is 30.6 Å². The molecule has 1 N–H and O–H groups in total. The number of nitrogens with one attached hydrogen (secondary N) is 1. The van der Waals surface area contributed by atoms with Crippen LogP contribution in [0.1, 0.15) is 46.5 Å². The van der Waals surface area contributed by atoms with E-state index < -0.39 is 17.8 Å². The molecule has 1 aliphatic rings. The Bertz CT molecular complexity index is 337. The molecule has 0 saturated carbocycles. The van der Waals surface area contributed by atoms with E-state index in [2.05, 4.69) is 6.92 Å². The van der Waals surface area contributed by atoms with Crippen molar-refractivity contribution < 1.29 is 14.4 Å². The molecule has 1 fully saturated rings. The Kier molecular flexibility index (Phi) is 4.26. The van der Waals surface area contributed by atoms with Gasteiger partial charge in [0.25, 0.3) is 0 Å². The van der Waals surface area contributed by atoms with Crippen molar-refractivity contribution in [1.29, 1.82) is 0 Å². The number of rotatable bonds is 6. The summed E-state index contributed by atoms with van der Waals surface area (Å²) < 4.78 is 0. The molecule has 0 aromatic rings. The summed E-state index contributed by atoms with van der Waals surface area (Å²) in [6.45, 7) is 6.44. The van der Waals surface area contributed by atoms with Crippen molar-refractivity contribution in [3.63, 3.8) is 0 Å². The van der Waals surface area contributed by atoms with Crippen molar-refractivity contribution >= 4 is 17.8 Å². The van der Waals surface area contributed by atoms with Crippen LogP contribution in [0.15, 0.2) is 0 Å². The molecule has 1 heterocycles. The first-order chi connectivity index (χ1) is 7.87. The van der Waals surface area contributed by atoms with Crippen LogP contribution in [-0.4, -0.2) is 29.3 Å². The molecule has 0 atom stereocenters. The molecule has 0 unspecified atom stereocenters. The third-order valence-electron chi connectivity index (χ3n) is 2.95. The maximum Gasteiger partial charge on any atom is 0.331 e. The van der Waals surface area contributed by atoms with Crippen LogP contribution < -0.4 is 5.32 Å². The average molecular weight is 240 g/mol. The fraction of sp³-hybridized carbons (Fsp3) is 0.750. The van der Waals surface area contributed by atoms with Gasteiger partial charge in [-0.2, -0.15) is 0 Å². The largest absolute Gasteiger partial charge is 0.331 e. The molecule has 4 amide bonds. The van der Waals surface area contributed by atoms with Crippen LogP contribution in [0.25, 0.3) is 0 Å². The summed E-state index contributed by atoms with van der Waals surface area (Å²) in [5.74, 6) is -1.56. The smallest absolute Gasteiger partial charge is 0.269 e. The summed E-state index contributed by atoms with van der Waals surface area (Å²) in [4.78, 5) is 34.8. The van der Waals surface area contributed by atoms with E-state index in [1.165, 1.54) is 0 Å². The Morgan fingerprint density at radius 3 is 2.29 bits per heavy atom. The Morgan fingerprint density at radius 2 is 1.82 bits per heavy atom. The van der Waals surface area contributed by atoms with Gasteiger partial charge >= 0.3 is 17.8 Å². The fourth-order valence-electron chi connectivity index (χ4n) is 1.94. The first kappa shape index (κ1) is 13.7. The number of hydrogen-bond donors (Lipinski definition) is 1. The van der Waals surface area contributed by atoms with Crippen molar-refractivity contribution in [2.45, 2.75) is 46.5 Å². The lowest BCUT2D eigenvalue weighted by Crippen LogP contribution is -2.39. The van der Waals surface area contributed by atoms with Crippen LogP contribution in [-0.2, 0) is 9.59 Å². The maximum absolute atomic E-state index is 11.4. The van der Waals surface area contributed by atoms with Gasteiger partial charge in [0.05, 0.1) is 0 Å². The predicted octanol–water partition coefficient (Wildman–Crippen LogP) is 1.67. The summed E-state index contributed by atoms with van der Waals surface area (Å²) in [5.41, 5.74) is -0.146. The number of imide groups is 2. The van der Waals surface area contributed by atoms with Gasteiger partial charge in [-0.05, 0) is 11.8 Å². The summed E-state index contributed by atoms with van der Waals surface area (Å²) >= 11 is 0. The van der Waals surface area contributed by atoms with Gasteiger partial charge in [-0.3, -0.25) is 19.8 Å². The van der Waals surface area contributed by atoms with Gasteiger partial charge in [0.2, 0.25) is 0 Å². The van der Waals surface area contributed by atoms with Gasteiger partial charge in [-0.1, -0.05) is 40.0 Å². The minimum absolute atomic E-state index is 0.146. The molecular formula is C12H20N2O3. The third-order valence-corrected chi connectivity index (χ3v) is 2.95. The zero-order chi connectivity index (χ0) is 13.1. The number of nitrogens with zero attached hydrogens (tertiary/aromatic N) is 1. The molecule has 1 saturated heterocycles. The maximum atomic E-state index is 11.4. The lowest BCUT2D eigenvalue weighted by molar-refractivity contribution is -0.140. The van der Waals surface area contributed by atoms with E-state index in [-0.39, 0.29) is 5.41 Å². The van der Waals surface area contributed by atoms with Crippen LogP contribution in [0.4, 0.5) is 4.79 Å². The van der Waals surface area contributed by atoms with Crippen molar-refractivity contribution in [1.82, 2.24) is 10.2 Å². The molecule has 1 aliphatic heterocycles. The van der Waals surface area contributed by atoms with Gasteiger partial charge < -0.3 is 0 Å². The highest BCUT2D eigenvalue weighted by atomic mass is 16.2. The highest BCUT2D eigenvalue weighted by Gasteiger charge is 2.39. The minimum atomic E-state index is -0.820. The molecule has 0 spiro atoms. The number of unbranched alkanes of at least 4 members (excludes halogenated alkanes) is 2. The Balaban J connectivity index is 2.55. The van der Waals surface area contributed by atoms with E-state index in [9.17, 15) is 14.4 Å². The fourth-order valence-corrected chi connectivity index (χ4v) is 1.94. The monoisotopic (exact) mass is 240 g/mol. The van der Waals surface area contributed by atoms with Crippen molar-refractivity contribution in [3.8, 4) is 0 Å². The molecule has 0 aliphatic carbocycles. The lowest BCUT2D eigenvalue weighted by Gasteiger charge is -2.28. The van der Waals surface area contributed by atoms with Crippen LogP contribution in [0.3, 0.4) is 0 Å². The summed E-state index contributed by atoms with van der Waals surface area (Å²) in [5, 5.41) is 2.00. The number of carbonyl (C=O) groups is 3. The molecule has 0 bridgehead atoms. The van der Waals surface area contributed by atoms with Crippen molar-refractivity contribution in [2.24, 2.45) is 5.41 Å². The topological polar surface area (TPSA) is 66.5 Å². The van der Waals surface area contributed by atoms with E-state index in [1.807, 2.05) is 19.2 Å². The van der Waals surface area contributed by atoms with Crippen LogP contribution in [0, 0.1) is 5.41 Å². The average Bonchev–Trinajstić information content (AvgIpc) is 2.45. The number of carbonyl (C=O) groups excluding carboxylic acids is 3. The molecule has 0 aromatic carbocycles. The van der Waals surface area contributed by atoms with Gasteiger partial charge in [0.1, 0.15) is 0 Å². The summed E-state index contributed by atoms with van der Waals surface area (Å²) in [7, 11) is 0. The van der Waals surface area contributed by atoms with E-state index in [4.69, 9.17) is 0 Å². The summed E-state index contributed by atoms with van der Waals surface area (Å²) in [6.07, 6.45) is 4.29. The van der Waals surface area contributed by atoms with Gasteiger partial charge in [0.15, 0.2) is 0 Å². The van der Waals surface area contributed by atoms with Crippen molar-refractivity contribution in [3.05, 3.63) is 0 Å². The first-order valence-electron chi connectivity index (χ1n) is 6.04. The SMILES string of the molecule is CCCCCC(C)(C)CN1C(=O)NC(=O)C1=O. The molecule has 0 radical (unpaired) electrons. The molecular weight excluding hydrogens is 220 g/mol. The van der Waals surface area contributed by atoms with E-state index in [0.29, 0.717) is 6.54 Å². The normalized spacial score (nSPS) is 16.6. The molecule has 1 rings (SSSR count). The number of hydrogen-bond acceptors (Lipinski definition) is 3. The Hall–Kier alpha value is -1.39. The van der Waals surface area contributed by atoms with E-state index >= 15 is 0 Å². The minimum Gasteiger partial charge on any atom is -0.269 e. The number of amides is 4. The zero-order valence-electron chi connectivity index (χ0n) is 10.7. The summed E-state index contributed by atoms with van der Waals surface area (Å²) in [6, 6.07) is -0.594. The standard InChI is InChI=1S/C12H20N2O3/c1-4-5-6-7-12(2,3)8-14-10(16)9(15)13-11(14)17/h4-8H2,1-3H3,(H,13,15,17). The number of urea groups is 1. The van der Waals surface area contributed by atoms with Crippen LogP contribution in [0.5, 0.6) is 0 Å². The van der Waals surface area contributed by atoms with Gasteiger partial charge in [-0.15, -0.1) is 0 Å². The second-order valence-electron chi connectivity index (χ2n) is 5.27. The predicted molar refractivity (Wildman–Crippen MR) is 63.2 cm³/mol. The lowest BCUT2D eigenvalue weighted by atomic mass is 9.86. The highest BCUT2D eigenvalue weighted by molar-refractivity contribution is 6.44. The molecule has 5 heteroatoms. The molecule has 96 valence electrons. The molecule has 5 nitrogen and oxygen atoms in total.